The van der Waals surface area contributed by atoms with Crippen molar-refractivity contribution in [1.29, 1.82) is 0 Å². The van der Waals surface area contributed by atoms with E-state index in [9.17, 15) is 4.79 Å². The van der Waals surface area contributed by atoms with Crippen LogP contribution in [-0.2, 0) is 4.79 Å². The van der Waals surface area contributed by atoms with Crippen molar-refractivity contribution in [1.82, 2.24) is 5.32 Å². The predicted molar refractivity (Wildman–Crippen MR) is 51.7 cm³/mol. The van der Waals surface area contributed by atoms with E-state index < -0.39 is 5.97 Å². The van der Waals surface area contributed by atoms with Crippen molar-refractivity contribution in [3.63, 3.8) is 0 Å². The van der Waals surface area contributed by atoms with E-state index in [1.54, 1.807) is 0 Å². The van der Waals surface area contributed by atoms with Gasteiger partial charge in [0.15, 0.2) is 0 Å². The quantitative estimate of drug-likeness (QED) is 0.702. The summed E-state index contributed by atoms with van der Waals surface area (Å²) in [6, 6.07) is 0. The highest BCUT2D eigenvalue weighted by molar-refractivity contribution is 5.68. The molecule has 0 saturated heterocycles. The standard InChI is InChI=1S/C10H19NO2/c1-8-3-5-10(11-2,6-4-8)7-9(12)13/h8,11H,3-7H2,1-2H3,(H,12,13). The van der Waals surface area contributed by atoms with E-state index in [0.29, 0.717) is 0 Å². The zero-order chi connectivity index (χ0) is 9.90. The van der Waals surface area contributed by atoms with Gasteiger partial charge in [-0.2, -0.15) is 0 Å². The molecular weight excluding hydrogens is 166 g/mol. The Balaban J connectivity index is 2.55. The van der Waals surface area contributed by atoms with Gasteiger partial charge in [0.05, 0.1) is 6.42 Å². The Morgan fingerprint density at radius 1 is 1.54 bits per heavy atom. The van der Waals surface area contributed by atoms with Gasteiger partial charge in [-0.25, -0.2) is 0 Å². The number of carboxylic acid groups (broad SMARTS) is 1. The molecule has 0 aromatic rings. The summed E-state index contributed by atoms with van der Waals surface area (Å²) < 4.78 is 0. The van der Waals surface area contributed by atoms with Crippen LogP contribution >= 0.6 is 0 Å². The third-order valence-electron chi connectivity index (χ3n) is 3.25. The number of hydrogen-bond acceptors (Lipinski definition) is 2. The Morgan fingerprint density at radius 2 is 2.08 bits per heavy atom. The summed E-state index contributed by atoms with van der Waals surface area (Å²) in [7, 11) is 1.87. The molecule has 1 aliphatic carbocycles. The van der Waals surface area contributed by atoms with Crippen molar-refractivity contribution >= 4 is 5.97 Å². The molecule has 0 radical (unpaired) electrons. The van der Waals surface area contributed by atoms with Gasteiger partial charge >= 0.3 is 5.97 Å². The monoisotopic (exact) mass is 185 g/mol. The molecule has 0 amide bonds. The molecule has 0 aliphatic heterocycles. The third kappa shape index (κ3) is 2.69. The van der Waals surface area contributed by atoms with E-state index in [1.165, 1.54) is 0 Å². The average molecular weight is 185 g/mol. The molecule has 0 spiro atoms. The molecule has 0 aromatic heterocycles. The highest BCUT2D eigenvalue weighted by atomic mass is 16.4. The van der Waals surface area contributed by atoms with Gasteiger partial charge in [0.2, 0.25) is 0 Å². The van der Waals surface area contributed by atoms with E-state index in [1.807, 2.05) is 7.05 Å². The van der Waals surface area contributed by atoms with Crippen LogP contribution in [0, 0.1) is 5.92 Å². The zero-order valence-corrected chi connectivity index (χ0v) is 8.47. The molecule has 0 heterocycles. The zero-order valence-electron chi connectivity index (χ0n) is 8.47. The van der Waals surface area contributed by atoms with Crippen LogP contribution in [0.2, 0.25) is 0 Å². The van der Waals surface area contributed by atoms with Crippen molar-refractivity contribution in [3.8, 4) is 0 Å². The molecule has 3 nitrogen and oxygen atoms in total. The summed E-state index contributed by atoms with van der Waals surface area (Å²) in [5.41, 5.74) is -0.127. The van der Waals surface area contributed by atoms with Crippen molar-refractivity contribution in [3.05, 3.63) is 0 Å². The Bertz CT molecular complexity index is 183. The van der Waals surface area contributed by atoms with Gasteiger partial charge < -0.3 is 10.4 Å². The van der Waals surface area contributed by atoms with Crippen molar-refractivity contribution in [2.45, 2.75) is 44.6 Å². The minimum absolute atomic E-state index is 0.127. The summed E-state index contributed by atoms with van der Waals surface area (Å²) in [6.45, 7) is 2.24. The molecule has 0 unspecified atom stereocenters. The summed E-state index contributed by atoms with van der Waals surface area (Å²) in [4.78, 5) is 10.7. The lowest BCUT2D eigenvalue weighted by Crippen LogP contribution is -2.47. The van der Waals surface area contributed by atoms with Gasteiger partial charge in [0.25, 0.3) is 0 Å². The fraction of sp³-hybridized carbons (Fsp3) is 0.900. The van der Waals surface area contributed by atoms with Gasteiger partial charge in [0.1, 0.15) is 0 Å². The fourth-order valence-electron chi connectivity index (χ4n) is 2.12. The lowest BCUT2D eigenvalue weighted by Gasteiger charge is -2.38. The molecule has 1 fully saturated rings. The van der Waals surface area contributed by atoms with Crippen LogP contribution in [-0.4, -0.2) is 23.7 Å². The highest BCUT2D eigenvalue weighted by Gasteiger charge is 2.34. The second kappa shape index (κ2) is 4.09. The first-order valence-electron chi connectivity index (χ1n) is 4.99. The summed E-state index contributed by atoms with van der Waals surface area (Å²) in [6.07, 6.45) is 4.55. The maximum absolute atomic E-state index is 10.7. The number of carbonyl (C=O) groups is 1. The van der Waals surface area contributed by atoms with Crippen LogP contribution in [0.1, 0.15) is 39.0 Å². The van der Waals surface area contributed by atoms with E-state index in [0.717, 1.165) is 31.6 Å². The first-order chi connectivity index (χ1) is 6.08. The van der Waals surface area contributed by atoms with Crippen LogP contribution in [0.4, 0.5) is 0 Å². The molecule has 0 aromatic carbocycles. The first kappa shape index (κ1) is 10.5. The second-order valence-corrected chi connectivity index (χ2v) is 4.28. The number of nitrogens with one attached hydrogen (secondary N) is 1. The smallest absolute Gasteiger partial charge is 0.305 e. The topological polar surface area (TPSA) is 49.3 Å². The van der Waals surface area contributed by atoms with Gasteiger partial charge in [-0.15, -0.1) is 0 Å². The van der Waals surface area contributed by atoms with Gasteiger partial charge in [0, 0.05) is 5.54 Å². The largest absolute Gasteiger partial charge is 0.481 e. The van der Waals surface area contributed by atoms with E-state index >= 15 is 0 Å². The number of hydrogen-bond donors (Lipinski definition) is 2. The van der Waals surface area contributed by atoms with Crippen molar-refractivity contribution < 1.29 is 9.90 Å². The van der Waals surface area contributed by atoms with Crippen LogP contribution in [0.3, 0.4) is 0 Å². The second-order valence-electron chi connectivity index (χ2n) is 4.28. The Labute approximate surface area is 79.5 Å². The lowest BCUT2D eigenvalue weighted by molar-refractivity contribution is -0.139. The summed E-state index contributed by atoms with van der Waals surface area (Å²) in [5.74, 6) is 0.0687. The molecular formula is C10H19NO2. The Morgan fingerprint density at radius 3 is 2.46 bits per heavy atom. The third-order valence-corrected chi connectivity index (χ3v) is 3.25. The van der Waals surface area contributed by atoms with E-state index in [2.05, 4.69) is 12.2 Å². The van der Waals surface area contributed by atoms with Gasteiger partial charge in [-0.1, -0.05) is 6.92 Å². The van der Waals surface area contributed by atoms with Crippen LogP contribution in [0.5, 0.6) is 0 Å². The predicted octanol–water partition coefficient (Wildman–Crippen LogP) is 1.63. The molecule has 1 rings (SSSR count). The molecule has 1 aliphatic rings. The Hall–Kier alpha value is -0.570. The molecule has 2 N–H and O–H groups in total. The van der Waals surface area contributed by atoms with Crippen molar-refractivity contribution in [2.75, 3.05) is 7.05 Å². The summed E-state index contributed by atoms with van der Waals surface area (Å²) in [5, 5.41) is 12.0. The van der Waals surface area contributed by atoms with E-state index in [4.69, 9.17) is 5.11 Å². The number of rotatable bonds is 3. The molecule has 0 bridgehead atoms. The SMILES string of the molecule is CNC1(CC(=O)O)CCC(C)CC1. The number of aliphatic carboxylic acids is 1. The molecule has 3 heteroatoms. The van der Waals surface area contributed by atoms with Crippen molar-refractivity contribution in [2.24, 2.45) is 5.92 Å². The lowest BCUT2D eigenvalue weighted by atomic mass is 9.75. The number of carboxylic acids is 1. The highest BCUT2D eigenvalue weighted by Crippen LogP contribution is 2.33. The minimum atomic E-state index is -0.691. The van der Waals surface area contributed by atoms with Crippen LogP contribution < -0.4 is 5.32 Å². The Kier molecular flexibility index (Phi) is 3.31. The minimum Gasteiger partial charge on any atom is -0.481 e. The first-order valence-corrected chi connectivity index (χ1v) is 4.99. The maximum atomic E-state index is 10.7. The maximum Gasteiger partial charge on any atom is 0.305 e. The van der Waals surface area contributed by atoms with Gasteiger partial charge in [-0.3, -0.25) is 4.79 Å². The normalized spacial score (nSPS) is 34.5. The molecule has 1 saturated carbocycles. The van der Waals surface area contributed by atoms with E-state index in [-0.39, 0.29) is 12.0 Å². The van der Waals surface area contributed by atoms with Gasteiger partial charge in [-0.05, 0) is 38.6 Å². The van der Waals surface area contributed by atoms with Crippen LogP contribution in [0.25, 0.3) is 0 Å². The molecule has 76 valence electrons. The molecule has 0 atom stereocenters. The van der Waals surface area contributed by atoms with Crippen LogP contribution in [0.15, 0.2) is 0 Å². The molecule has 13 heavy (non-hydrogen) atoms. The average Bonchev–Trinajstić information content (AvgIpc) is 2.09. The summed E-state index contributed by atoms with van der Waals surface area (Å²) >= 11 is 0. The fourth-order valence-corrected chi connectivity index (χ4v) is 2.12.